The predicted octanol–water partition coefficient (Wildman–Crippen LogP) is 1.94. The van der Waals surface area contributed by atoms with Crippen LogP contribution in [-0.2, 0) is 9.53 Å². The third-order valence-electron chi connectivity index (χ3n) is 4.12. The molecule has 0 N–H and O–H groups in total. The normalized spacial score (nSPS) is 15.7. The van der Waals surface area contributed by atoms with Crippen LogP contribution in [0.25, 0.3) is 0 Å². The lowest BCUT2D eigenvalue weighted by Crippen LogP contribution is -2.48. The number of carbonyl (C=O) groups is 1. The van der Waals surface area contributed by atoms with E-state index in [1.165, 1.54) is 5.56 Å². The molecule has 1 heterocycles. The lowest BCUT2D eigenvalue weighted by atomic mass is 10.1. The fourth-order valence-corrected chi connectivity index (χ4v) is 2.68. The van der Waals surface area contributed by atoms with Gasteiger partial charge in [0.2, 0.25) is 0 Å². The van der Waals surface area contributed by atoms with Crippen molar-refractivity contribution in [2.24, 2.45) is 0 Å². The van der Waals surface area contributed by atoms with Gasteiger partial charge in [-0.15, -0.1) is 0 Å². The van der Waals surface area contributed by atoms with Crippen LogP contribution in [0.1, 0.15) is 18.4 Å². The second kappa shape index (κ2) is 8.89. The Labute approximate surface area is 139 Å². The first-order chi connectivity index (χ1) is 11.1. The minimum Gasteiger partial charge on any atom is -0.484 e. The molecule has 0 spiro atoms. The van der Waals surface area contributed by atoms with E-state index in [0.717, 1.165) is 44.9 Å². The zero-order valence-corrected chi connectivity index (χ0v) is 14.5. The predicted molar refractivity (Wildman–Crippen MR) is 90.8 cm³/mol. The molecular formula is C18H28N2O3. The topological polar surface area (TPSA) is 42.0 Å². The molecule has 1 aliphatic rings. The average molecular weight is 320 g/mol. The Bertz CT molecular complexity index is 482. The summed E-state index contributed by atoms with van der Waals surface area (Å²) in [6.45, 7) is 5.17. The van der Waals surface area contributed by atoms with Crippen molar-refractivity contribution in [3.05, 3.63) is 29.8 Å². The van der Waals surface area contributed by atoms with E-state index in [4.69, 9.17) is 9.47 Å². The summed E-state index contributed by atoms with van der Waals surface area (Å²) >= 11 is 0. The van der Waals surface area contributed by atoms with Gasteiger partial charge in [0.15, 0.2) is 6.61 Å². The molecule has 23 heavy (non-hydrogen) atoms. The largest absolute Gasteiger partial charge is 0.484 e. The van der Waals surface area contributed by atoms with E-state index in [-0.39, 0.29) is 18.6 Å². The Morgan fingerprint density at radius 2 is 1.83 bits per heavy atom. The molecule has 128 valence electrons. The van der Waals surface area contributed by atoms with E-state index in [2.05, 4.69) is 4.90 Å². The fraction of sp³-hybridized carbons (Fsp3) is 0.611. The van der Waals surface area contributed by atoms with Crippen molar-refractivity contribution in [1.82, 2.24) is 9.80 Å². The number of rotatable bonds is 7. The minimum absolute atomic E-state index is 0.0549. The van der Waals surface area contributed by atoms with Crippen LogP contribution in [0, 0.1) is 6.92 Å². The van der Waals surface area contributed by atoms with Gasteiger partial charge in [-0.2, -0.15) is 0 Å². The second-order valence-electron chi connectivity index (χ2n) is 6.34. The molecule has 1 aromatic carbocycles. The van der Waals surface area contributed by atoms with Gasteiger partial charge in [0.1, 0.15) is 5.75 Å². The zero-order chi connectivity index (χ0) is 16.7. The Hall–Kier alpha value is -1.59. The summed E-state index contributed by atoms with van der Waals surface area (Å²) in [5, 5.41) is 0. The molecule has 0 aromatic heterocycles. The highest BCUT2D eigenvalue weighted by Crippen LogP contribution is 2.16. The number of nitrogens with zero attached hydrogens (tertiary/aromatic N) is 2. The summed E-state index contributed by atoms with van der Waals surface area (Å²) in [7, 11) is 4.05. The first-order valence-electron chi connectivity index (χ1n) is 8.27. The number of ether oxygens (including phenoxy) is 2. The highest BCUT2D eigenvalue weighted by molar-refractivity contribution is 5.78. The van der Waals surface area contributed by atoms with Gasteiger partial charge in [0, 0.05) is 32.3 Å². The molecule has 0 radical (unpaired) electrons. The highest BCUT2D eigenvalue weighted by Gasteiger charge is 2.25. The first-order valence-corrected chi connectivity index (χ1v) is 8.27. The van der Waals surface area contributed by atoms with Crippen molar-refractivity contribution in [3.63, 3.8) is 0 Å². The second-order valence-corrected chi connectivity index (χ2v) is 6.34. The van der Waals surface area contributed by atoms with Gasteiger partial charge in [-0.3, -0.25) is 4.79 Å². The molecule has 0 unspecified atom stereocenters. The fourth-order valence-electron chi connectivity index (χ4n) is 2.68. The van der Waals surface area contributed by atoms with Crippen LogP contribution in [-0.4, -0.2) is 68.8 Å². The first kappa shape index (κ1) is 17.8. The Morgan fingerprint density at radius 3 is 2.43 bits per heavy atom. The monoisotopic (exact) mass is 320 g/mol. The maximum atomic E-state index is 12.6. The maximum absolute atomic E-state index is 12.6. The Kier molecular flexibility index (Phi) is 6.86. The number of carbonyl (C=O) groups excluding carboxylic acids is 1. The maximum Gasteiger partial charge on any atom is 0.260 e. The summed E-state index contributed by atoms with van der Waals surface area (Å²) < 4.78 is 11.1. The highest BCUT2D eigenvalue weighted by atomic mass is 16.5. The van der Waals surface area contributed by atoms with Gasteiger partial charge in [-0.25, -0.2) is 0 Å². The van der Waals surface area contributed by atoms with Crippen LogP contribution < -0.4 is 4.74 Å². The van der Waals surface area contributed by atoms with Crippen molar-refractivity contribution in [3.8, 4) is 5.75 Å². The molecule has 2 rings (SSSR count). The molecule has 1 aliphatic heterocycles. The molecular weight excluding hydrogens is 292 g/mol. The molecule has 1 amide bonds. The molecule has 5 nitrogen and oxygen atoms in total. The summed E-state index contributed by atoms with van der Waals surface area (Å²) in [6, 6.07) is 8.05. The number of hydrogen-bond acceptors (Lipinski definition) is 4. The number of aryl methyl sites for hydroxylation is 1. The molecule has 1 fully saturated rings. The van der Waals surface area contributed by atoms with Crippen molar-refractivity contribution >= 4 is 5.91 Å². The Morgan fingerprint density at radius 1 is 1.17 bits per heavy atom. The SMILES string of the molecule is Cc1ccc(OCC(=O)N(CCN(C)C)C2CCOCC2)cc1. The molecule has 1 aromatic rings. The van der Waals surface area contributed by atoms with Crippen molar-refractivity contribution in [2.45, 2.75) is 25.8 Å². The molecule has 0 saturated carbocycles. The van der Waals surface area contributed by atoms with Crippen LogP contribution >= 0.6 is 0 Å². The van der Waals surface area contributed by atoms with Gasteiger partial charge in [0.05, 0.1) is 0 Å². The molecule has 1 saturated heterocycles. The van der Waals surface area contributed by atoms with Crippen molar-refractivity contribution in [1.29, 1.82) is 0 Å². The lowest BCUT2D eigenvalue weighted by Gasteiger charge is -2.35. The van der Waals surface area contributed by atoms with Crippen molar-refractivity contribution in [2.75, 3.05) is 47.0 Å². The quantitative estimate of drug-likeness (QED) is 0.770. The van der Waals surface area contributed by atoms with Gasteiger partial charge in [-0.05, 0) is 46.0 Å². The van der Waals surface area contributed by atoms with Gasteiger partial charge >= 0.3 is 0 Å². The summed E-state index contributed by atoms with van der Waals surface area (Å²) in [4.78, 5) is 16.7. The van der Waals surface area contributed by atoms with E-state index >= 15 is 0 Å². The summed E-state index contributed by atoms with van der Waals surface area (Å²) in [5.41, 5.74) is 1.18. The third-order valence-corrected chi connectivity index (χ3v) is 4.12. The van der Waals surface area contributed by atoms with Crippen LogP contribution in [0.5, 0.6) is 5.75 Å². The standard InChI is InChI=1S/C18H28N2O3/c1-15-4-6-17(7-5-15)23-14-18(21)20(11-10-19(2)3)16-8-12-22-13-9-16/h4-7,16H,8-14H2,1-3H3. The van der Waals surface area contributed by atoms with E-state index < -0.39 is 0 Å². The van der Waals surface area contributed by atoms with Gasteiger partial charge in [-0.1, -0.05) is 17.7 Å². The smallest absolute Gasteiger partial charge is 0.260 e. The van der Waals surface area contributed by atoms with E-state index in [9.17, 15) is 4.79 Å². The third kappa shape index (κ3) is 5.84. The summed E-state index contributed by atoms with van der Waals surface area (Å²) in [6.07, 6.45) is 1.81. The number of benzene rings is 1. The van der Waals surface area contributed by atoms with Crippen molar-refractivity contribution < 1.29 is 14.3 Å². The number of amides is 1. The Balaban J connectivity index is 1.92. The zero-order valence-electron chi connectivity index (χ0n) is 14.5. The molecule has 0 bridgehead atoms. The van der Waals surface area contributed by atoms with Crippen LogP contribution in [0.2, 0.25) is 0 Å². The van der Waals surface area contributed by atoms with Crippen LogP contribution in [0.4, 0.5) is 0 Å². The van der Waals surface area contributed by atoms with Gasteiger partial charge < -0.3 is 19.3 Å². The van der Waals surface area contributed by atoms with Gasteiger partial charge in [0.25, 0.3) is 5.91 Å². The van der Waals surface area contributed by atoms with Crippen LogP contribution in [0.15, 0.2) is 24.3 Å². The van der Waals surface area contributed by atoms with E-state index in [1.807, 2.05) is 50.2 Å². The number of likely N-dealkylation sites (N-methyl/N-ethyl adjacent to an activating group) is 1. The van der Waals surface area contributed by atoms with E-state index in [1.54, 1.807) is 0 Å². The van der Waals surface area contributed by atoms with E-state index in [0.29, 0.717) is 0 Å². The lowest BCUT2D eigenvalue weighted by molar-refractivity contribution is -0.137. The molecule has 5 heteroatoms. The summed E-state index contributed by atoms with van der Waals surface area (Å²) in [5.74, 6) is 0.794. The average Bonchev–Trinajstić information content (AvgIpc) is 2.55. The molecule has 0 atom stereocenters. The molecule has 0 aliphatic carbocycles. The number of hydrogen-bond donors (Lipinski definition) is 0. The minimum atomic E-state index is 0.0549. The van der Waals surface area contributed by atoms with Crippen LogP contribution in [0.3, 0.4) is 0 Å².